The summed E-state index contributed by atoms with van der Waals surface area (Å²) in [5, 5.41) is 11.1. The number of carbonyl (C=O) groups excluding carboxylic acids is 1. The van der Waals surface area contributed by atoms with Crippen LogP contribution in [0.4, 0.5) is 0 Å². The molecule has 0 unspecified atom stereocenters. The van der Waals surface area contributed by atoms with Gasteiger partial charge in [-0.25, -0.2) is 5.01 Å². The van der Waals surface area contributed by atoms with Crippen molar-refractivity contribution in [2.75, 3.05) is 33.2 Å². The molecule has 1 saturated carbocycles. The molecular weight excluding hydrogens is 246 g/mol. The second-order valence-electron chi connectivity index (χ2n) is 5.60. The van der Waals surface area contributed by atoms with Gasteiger partial charge >= 0.3 is 5.97 Å². The second kappa shape index (κ2) is 6.34. The zero-order valence-electron chi connectivity index (χ0n) is 11.5. The molecular formula is C13H23N3O3. The lowest BCUT2D eigenvalue weighted by Crippen LogP contribution is -2.54. The van der Waals surface area contributed by atoms with Crippen LogP contribution in [0.15, 0.2) is 0 Å². The van der Waals surface area contributed by atoms with E-state index in [-0.39, 0.29) is 11.8 Å². The number of amides is 1. The van der Waals surface area contributed by atoms with E-state index in [1.165, 1.54) is 0 Å². The molecule has 2 N–H and O–H groups in total. The lowest BCUT2D eigenvalue weighted by molar-refractivity contribution is -0.150. The van der Waals surface area contributed by atoms with Crippen molar-refractivity contribution in [3.63, 3.8) is 0 Å². The topological polar surface area (TPSA) is 72.9 Å². The zero-order valence-corrected chi connectivity index (χ0v) is 11.5. The van der Waals surface area contributed by atoms with E-state index < -0.39 is 11.9 Å². The van der Waals surface area contributed by atoms with Gasteiger partial charge in [0.15, 0.2) is 0 Å². The SMILES string of the molecule is CN1CCN(NC(=O)[C@H]2CCCC[C@H]2C(=O)O)CC1. The van der Waals surface area contributed by atoms with Crippen molar-refractivity contribution < 1.29 is 14.7 Å². The van der Waals surface area contributed by atoms with Crippen molar-refractivity contribution in [3.8, 4) is 0 Å². The Morgan fingerprint density at radius 1 is 1.05 bits per heavy atom. The van der Waals surface area contributed by atoms with Crippen LogP contribution in [0.5, 0.6) is 0 Å². The summed E-state index contributed by atoms with van der Waals surface area (Å²) in [7, 11) is 2.06. The summed E-state index contributed by atoms with van der Waals surface area (Å²) in [5.41, 5.74) is 2.90. The Morgan fingerprint density at radius 2 is 1.63 bits per heavy atom. The number of likely N-dealkylation sites (N-methyl/N-ethyl adjacent to an activating group) is 1. The van der Waals surface area contributed by atoms with Gasteiger partial charge in [-0.15, -0.1) is 0 Å². The maximum absolute atomic E-state index is 12.2. The van der Waals surface area contributed by atoms with Crippen molar-refractivity contribution >= 4 is 11.9 Å². The second-order valence-corrected chi connectivity index (χ2v) is 5.60. The minimum absolute atomic E-state index is 0.114. The third-order valence-corrected chi connectivity index (χ3v) is 4.19. The Balaban J connectivity index is 1.89. The highest BCUT2D eigenvalue weighted by Gasteiger charge is 2.36. The Bertz CT molecular complexity index is 340. The molecule has 0 spiro atoms. The number of piperazine rings is 1. The van der Waals surface area contributed by atoms with Crippen molar-refractivity contribution in [2.24, 2.45) is 11.8 Å². The maximum Gasteiger partial charge on any atom is 0.307 e. The fraction of sp³-hybridized carbons (Fsp3) is 0.846. The van der Waals surface area contributed by atoms with Gasteiger partial charge in [0.05, 0.1) is 11.8 Å². The Hall–Kier alpha value is -1.14. The van der Waals surface area contributed by atoms with Crippen LogP contribution in [0.25, 0.3) is 0 Å². The van der Waals surface area contributed by atoms with Crippen LogP contribution in [-0.2, 0) is 9.59 Å². The number of carboxylic acid groups (broad SMARTS) is 1. The Morgan fingerprint density at radius 3 is 2.21 bits per heavy atom. The van der Waals surface area contributed by atoms with E-state index in [9.17, 15) is 14.7 Å². The summed E-state index contributed by atoms with van der Waals surface area (Å²) >= 11 is 0. The molecule has 2 rings (SSSR count). The number of carboxylic acids is 1. The first-order valence-electron chi connectivity index (χ1n) is 7.04. The van der Waals surface area contributed by atoms with Crippen LogP contribution in [-0.4, -0.2) is 60.1 Å². The molecule has 0 aromatic heterocycles. The van der Waals surface area contributed by atoms with Crippen molar-refractivity contribution in [3.05, 3.63) is 0 Å². The lowest BCUT2D eigenvalue weighted by atomic mass is 9.79. The summed E-state index contributed by atoms with van der Waals surface area (Å²) in [4.78, 5) is 25.6. The van der Waals surface area contributed by atoms with E-state index in [0.29, 0.717) is 12.8 Å². The van der Waals surface area contributed by atoms with E-state index in [0.717, 1.165) is 39.0 Å². The largest absolute Gasteiger partial charge is 0.481 e. The van der Waals surface area contributed by atoms with E-state index in [2.05, 4.69) is 17.4 Å². The van der Waals surface area contributed by atoms with E-state index in [1.807, 2.05) is 5.01 Å². The summed E-state index contributed by atoms with van der Waals surface area (Å²) in [6, 6.07) is 0. The number of hydrogen-bond acceptors (Lipinski definition) is 4. The van der Waals surface area contributed by atoms with E-state index in [4.69, 9.17) is 0 Å². The minimum Gasteiger partial charge on any atom is -0.481 e. The number of hydrazine groups is 1. The number of nitrogens with zero attached hydrogens (tertiary/aromatic N) is 2. The van der Waals surface area contributed by atoms with Crippen LogP contribution < -0.4 is 5.43 Å². The Kier molecular flexibility index (Phi) is 4.76. The molecule has 19 heavy (non-hydrogen) atoms. The predicted octanol–water partition coefficient (Wildman–Crippen LogP) is 0.156. The highest BCUT2D eigenvalue weighted by Crippen LogP contribution is 2.30. The van der Waals surface area contributed by atoms with Crippen molar-refractivity contribution in [1.82, 2.24) is 15.3 Å². The summed E-state index contributed by atoms with van der Waals surface area (Å²) < 4.78 is 0. The van der Waals surface area contributed by atoms with Crippen LogP contribution in [0, 0.1) is 11.8 Å². The van der Waals surface area contributed by atoms with E-state index >= 15 is 0 Å². The highest BCUT2D eigenvalue weighted by atomic mass is 16.4. The number of nitrogens with one attached hydrogen (secondary N) is 1. The first-order valence-corrected chi connectivity index (χ1v) is 7.04. The summed E-state index contributed by atoms with van der Waals surface area (Å²) in [6.45, 7) is 3.44. The molecule has 108 valence electrons. The van der Waals surface area contributed by atoms with Gasteiger partial charge in [0.2, 0.25) is 5.91 Å². The number of aliphatic carboxylic acids is 1. The van der Waals surface area contributed by atoms with Gasteiger partial charge < -0.3 is 10.0 Å². The molecule has 6 nitrogen and oxygen atoms in total. The molecule has 0 radical (unpaired) electrons. The van der Waals surface area contributed by atoms with Crippen LogP contribution in [0.1, 0.15) is 25.7 Å². The number of carbonyl (C=O) groups is 2. The smallest absolute Gasteiger partial charge is 0.307 e. The molecule has 2 atom stereocenters. The monoisotopic (exact) mass is 269 g/mol. The summed E-state index contributed by atoms with van der Waals surface area (Å²) in [6.07, 6.45) is 3.17. The molecule has 1 amide bonds. The predicted molar refractivity (Wildman–Crippen MR) is 70.3 cm³/mol. The third-order valence-electron chi connectivity index (χ3n) is 4.19. The summed E-state index contributed by atoms with van der Waals surface area (Å²) in [5.74, 6) is -1.83. The van der Waals surface area contributed by atoms with Crippen molar-refractivity contribution in [1.29, 1.82) is 0 Å². The molecule has 1 heterocycles. The standard InChI is InChI=1S/C13H23N3O3/c1-15-6-8-16(9-7-15)14-12(17)10-4-2-3-5-11(10)13(18)19/h10-11H,2-9H2,1H3,(H,14,17)(H,18,19)/t10-,11+/m0/s1. The minimum atomic E-state index is -0.835. The van der Waals surface area contributed by atoms with Crippen LogP contribution >= 0.6 is 0 Å². The molecule has 2 aliphatic rings. The molecule has 0 aromatic carbocycles. The molecule has 1 aliphatic carbocycles. The van der Waals surface area contributed by atoms with Gasteiger partial charge in [-0.2, -0.15) is 0 Å². The Labute approximate surface area is 113 Å². The lowest BCUT2D eigenvalue weighted by Gasteiger charge is -2.35. The average Bonchev–Trinajstić information content (AvgIpc) is 2.41. The molecule has 2 fully saturated rings. The van der Waals surface area contributed by atoms with Gasteiger partial charge in [-0.1, -0.05) is 12.8 Å². The third kappa shape index (κ3) is 3.67. The van der Waals surface area contributed by atoms with Crippen molar-refractivity contribution in [2.45, 2.75) is 25.7 Å². The first-order chi connectivity index (χ1) is 9.08. The molecule has 0 aromatic rings. The molecule has 1 aliphatic heterocycles. The average molecular weight is 269 g/mol. The fourth-order valence-electron chi connectivity index (χ4n) is 2.90. The first kappa shape index (κ1) is 14.3. The van der Waals surface area contributed by atoms with Gasteiger partial charge in [-0.05, 0) is 19.9 Å². The van der Waals surface area contributed by atoms with Gasteiger partial charge in [-0.3, -0.25) is 15.0 Å². The number of rotatable bonds is 3. The van der Waals surface area contributed by atoms with Gasteiger partial charge in [0.1, 0.15) is 0 Å². The van der Waals surface area contributed by atoms with Gasteiger partial charge in [0, 0.05) is 26.2 Å². The normalized spacial score (nSPS) is 29.9. The highest BCUT2D eigenvalue weighted by molar-refractivity contribution is 5.84. The molecule has 0 bridgehead atoms. The van der Waals surface area contributed by atoms with Crippen LogP contribution in [0.2, 0.25) is 0 Å². The fourth-order valence-corrected chi connectivity index (χ4v) is 2.90. The van der Waals surface area contributed by atoms with Gasteiger partial charge in [0.25, 0.3) is 0 Å². The zero-order chi connectivity index (χ0) is 13.8. The molecule has 6 heteroatoms. The maximum atomic E-state index is 12.2. The number of hydrogen-bond donors (Lipinski definition) is 2. The molecule has 1 saturated heterocycles. The van der Waals surface area contributed by atoms with Crippen LogP contribution in [0.3, 0.4) is 0 Å². The van der Waals surface area contributed by atoms with E-state index in [1.54, 1.807) is 0 Å². The quantitative estimate of drug-likeness (QED) is 0.763.